The van der Waals surface area contributed by atoms with Crippen LogP contribution in [0, 0.1) is 0 Å². The summed E-state index contributed by atoms with van der Waals surface area (Å²) >= 11 is 0. The molecule has 1 amide bonds. The van der Waals surface area contributed by atoms with E-state index in [2.05, 4.69) is 15.5 Å². The number of aromatic hydroxyl groups is 1. The van der Waals surface area contributed by atoms with Crippen LogP contribution in [0.4, 0.5) is 5.69 Å². The molecule has 3 aromatic carbocycles. The molecular formula is C24H27N3O2. The first kappa shape index (κ1) is 20.6. The van der Waals surface area contributed by atoms with Gasteiger partial charge in [-0.2, -0.15) is 0 Å². The van der Waals surface area contributed by atoms with Gasteiger partial charge in [-0.05, 0) is 55.1 Å². The molecule has 29 heavy (non-hydrogen) atoms. The number of nitrogens with zero attached hydrogens (tertiary/aromatic N) is 1. The van der Waals surface area contributed by atoms with Crippen LogP contribution >= 0.6 is 0 Å². The molecule has 0 aliphatic heterocycles. The minimum Gasteiger partial charge on any atom is -0.506 e. The van der Waals surface area contributed by atoms with Crippen LogP contribution in [-0.2, 0) is 6.54 Å². The molecule has 0 aliphatic rings. The van der Waals surface area contributed by atoms with Gasteiger partial charge >= 0.3 is 0 Å². The number of nitrogens with one attached hydrogen (secondary N) is 2. The average molecular weight is 389 g/mol. The van der Waals surface area contributed by atoms with Crippen LogP contribution in [0.3, 0.4) is 0 Å². The highest BCUT2D eigenvalue weighted by atomic mass is 16.3. The summed E-state index contributed by atoms with van der Waals surface area (Å²) in [5.74, 6) is -0.211. The SMILES string of the molecule is CN(C)CCNCc1ccc(C(=O)Nc2cc(-c3ccccc3)ccc2O)cc1. The van der Waals surface area contributed by atoms with Gasteiger partial charge in [-0.3, -0.25) is 4.79 Å². The summed E-state index contributed by atoms with van der Waals surface area (Å²) < 4.78 is 0. The Balaban J connectivity index is 1.64. The van der Waals surface area contributed by atoms with Crippen molar-refractivity contribution in [2.45, 2.75) is 6.54 Å². The molecule has 0 fully saturated rings. The molecule has 0 saturated heterocycles. The molecule has 0 saturated carbocycles. The first-order valence-electron chi connectivity index (χ1n) is 9.67. The van der Waals surface area contributed by atoms with Gasteiger partial charge in [0.2, 0.25) is 0 Å². The van der Waals surface area contributed by atoms with Gasteiger partial charge in [0.05, 0.1) is 5.69 Å². The third kappa shape index (κ3) is 5.91. The van der Waals surface area contributed by atoms with Gasteiger partial charge in [-0.1, -0.05) is 48.5 Å². The van der Waals surface area contributed by atoms with Gasteiger partial charge in [-0.25, -0.2) is 0 Å². The Bertz CT molecular complexity index is 938. The van der Waals surface area contributed by atoms with E-state index in [4.69, 9.17) is 0 Å². The van der Waals surface area contributed by atoms with Crippen LogP contribution in [0.5, 0.6) is 5.75 Å². The number of hydrogen-bond acceptors (Lipinski definition) is 4. The zero-order valence-electron chi connectivity index (χ0n) is 16.9. The summed E-state index contributed by atoms with van der Waals surface area (Å²) in [6.07, 6.45) is 0. The van der Waals surface area contributed by atoms with Crippen LogP contribution in [0.25, 0.3) is 11.1 Å². The third-order valence-corrected chi connectivity index (χ3v) is 4.63. The van der Waals surface area contributed by atoms with E-state index < -0.39 is 0 Å². The highest BCUT2D eigenvalue weighted by Crippen LogP contribution is 2.30. The second-order valence-corrected chi connectivity index (χ2v) is 7.23. The highest BCUT2D eigenvalue weighted by molar-refractivity contribution is 6.05. The number of phenolic OH excluding ortho intramolecular Hbond substituents is 1. The number of anilines is 1. The van der Waals surface area contributed by atoms with Crippen molar-refractivity contribution >= 4 is 11.6 Å². The van der Waals surface area contributed by atoms with E-state index in [9.17, 15) is 9.90 Å². The van der Waals surface area contributed by atoms with E-state index in [1.807, 2.05) is 62.6 Å². The quantitative estimate of drug-likeness (QED) is 0.403. The van der Waals surface area contributed by atoms with Gasteiger partial charge in [0.25, 0.3) is 5.91 Å². The van der Waals surface area contributed by atoms with Crippen molar-refractivity contribution in [1.82, 2.24) is 10.2 Å². The topological polar surface area (TPSA) is 64.6 Å². The number of hydrogen-bond donors (Lipinski definition) is 3. The Morgan fingerprint density at radius 1 is 0.931 bits per heavy atom. The predicted octanol–water partition coefficient (Wildman–Crippen LogP) is 3.96. The molecular weight excluding hydrogens is 362 g/mol. The summed E-state index contributed by atoms with van der Waals surface area (Å²) in [4.78, 5) is 14.7. The second kappa shape index (κ2) is 9.87. The summed E-state index contributed by atoms with van der Waals surface area (Å²) in [6, 6.07) is 22.5. The van der Waals surface area contributed by atoms with Crippen molar-refractivity contribution in [1.29, 1.82) is 0 Å². The molecule has 5 nitrogen and oxygen atoms in total. The summed E-state index contributed by atoms with van der Waals surface area (Å²) in [5.41, 5.74) is 4.01. The average Bonchev–Trinajstić information content (AvgIpc) is 2.73. The number of phenols is 1. The molecule has 0 radical (unpaired) electrons. The Morgan fingerprint density at radius 2 is 1.66 bits per heavy atom. The molecule has 0 unspecified atom stereocenters. The van der Waals surface area contributed by atoms with Crippen molar-refractivity contribution in [3.63, 3.8) is 0 Å². The maximum atomic E-state index is 12.6. The molecule has 0 aromatic heterocycles. The summed E-state index contributed by atoms with van der Waals surface area (Å²) in [6.45, 7) is 2.65. The van der Waals surface area contributed by atoms with E-state index in [-0.39, 0.29) is 11.7 Å². The van der Waals surface area contributed by atoms with Gasteiger partial charge in [-0.15, -0.1) is 0 Å². The Labute approximate surface area is 172 Å². The smallest absolute Gasteiger partial charge is 0.255 e. The number of likely N-dealkylation sites (N-methyl/N-ethyl adjacent to an activating group) is 1. The van der Waals surface area contributed by atoms with Crippen molar-refractivity contribution in [2.24, 2.45) is 0 Å². The lowest BCUT2D eigenvalue weighted by Crippen LogP contribution is -2.26. The fraction of sp³-hybridized carbons (Fsp3) is 0.208. The van der Waals surface area contributed by atoms with Gasteiger partial charge in [0.1, 0.15) is 5.75 Å². The van der Waals surface area contributed by atoms with Crippen molar-refractivity contribution in [3.05, 3.63) is 83.9 Å². The van der Waals surface area contributed by atoms with Crippen LogP contribution in [-0.4, -0.2) is 43.1 Å². The highest BCUT2D eigenvalue weighted by Gasteiger charge is 2.10. The molecule has 0 heterocycles. The van der Waals surface area contributed by atoms with E-state index >= 15 is 0 Å². The lowest BCUT2D eigenvalue weighted by atomic mass is 10.0. The first-order chi connectivity index (χ1) is 14.0. The van der Waals surface area contributed by atoms with Gasteiger partial charge in [0.15, 0.2) is 0 Å². The minimum absolute atomic E-state index is 0.0414. The van der Waals surface area contributed by atoms with Crippen LogP contribution < -0.4 is 10.6 Å². The van der Waals surface area contributed by atoms with E-state index in [1.165, 1.54) is 0 Å². The number of carbonyl (C=O) groups is 1. The number of carbonyl (C=O) groups excluding carboxylic acids is 1. The zero-order chi connectivity index (χ0) is 20.6. The second-order valence-electron chi connectivity index (χ2n) is 7.23. The van der Waals surface area contributed by atoms with Crippen molar-refractivity contribution in [2.75, 3.05) is 32.5 Å². The van der Waals surface area contributed by atoms with Gasteiger partial charge < -0.3 is 20.6 Å². The molecule has 0 aliphatic carbocycles. The minimum atomic E-state index is -0.252. The lowest BCUT2D eigenvalue weighted by molar-refractivity contribution is 0.102. The Morgan fingerprint density at radius 3 is 2.34 bits per heavy atom. The lowest BCUT2D eigenvalue weighted by Gasteiger charge is -2.11. The number of amides is 1. The fourth-order valence-corrected chi connectivity index (χ4v) is 2.95. The maximum Gasteiger partial charge on any atom is 0.255 e. The standard InChI is InChI=1S/C24H27N3O2/c1-27(2)15-14-25-17-18-8-10-20(11-9-18)24(29)26-22-16-21(12-13-23(22)28)19-6-4-3-5-7-19/h3-13,16,25,28H,14-15,17H2,1-2H3,(H,26,29). The third-order valence-electron chi connectivity index (χ3n) is 4.63. The molecule has 150 valence electrons. The Hall–Kier alpha value is -3.15. The largest absolute Gasteiger partial charge is 0.506 e. The number of benzene rings is 3. The molecule has 0 spiro atoms. The van der Waals surface area contributed by atoms with Crippen molar-refractivity contribution < 1.29 is 9.90 Å². The first-order valence-corrected chi connectivity index (χ1v) is 9.67. The molecule has 0 bridgehead atoms. The predicted molar refractivity (Wildman–Crippen MR) is 118 cm³/mol. The maximum absolute atomic E-state index is 12.6. The summed E-state index contributed by atoms with van der Waals surface area (Å²) in [7, 11) is 4.09. The molecule has 5 heteroatoms. The fourth-order valence-electron chi connectivity index (χ4n) is 2.95. The zero-order valence-corrected chi connectivity index (χ0v) is 16.9. The molecule has 3 rings (SSSR count). The molecule has 0 atom stereocenters. The normalized spacial score (nSPS) is 10.9. The summed E-state index contributed by atoms with van der Waals surface area (Å²) in [5, 5.41) is 16.3. The Kier molecular flexibility index (Phi) is 7.00. The molecule has 3 N–H and O–H groups in total. The van der Waals surface area contributed by atoms with Gasteiger partial charge in [0, 0.05) is 25.2 Å². The monoisotopic (exact) mass is 389 g/mol. The van der Waals surface area contributed by atoms with Crippen LogP contribution in [0.1, 0.15) is 15.9 Å². The van der Waals surface area contributed by atoms with E-state index in [0.717, 1.165) is 36.3 Å². The van der Waals surface area contributed by atoms with E-state index in [0.29, 0.717) is 11.3 Å². The van der Waals surface area contributed by atoms with Crippen LogP contribution in [0.2, 0.25) is 0 Å². The van der Waals surface area contributed by atoms with E-state index in [1.54, 1.807) is 24.3 Å². The molecule has 3 aromatic rings. The van der Waals surface area contributed by atoms with Crippen molar-refractivity contribution in [3.8, 4) is 16.9 Å². The number of rotatable bonds is 8. The van der Waals surface area contributed by atoms with Crippen LogP contribution in [0.15, 0.2) is 72.8 Å².